The molecule has 0 aromatic rings. The van der Waals surface area contributed by atoms with Crippen LogP contribution in [-0.4, -0.2) is 0 Å². The van der Waals surface area contributed by atoms with E-state index in [4.69, 9.17) is 0 Å². The number of nitrogens with one attached hydrogen (secondary N) is 1. The van der Waals surface area contributed by atoms with Gasteiger partial charge in [0.25, 0.3) is 0 Å². The largest absolute Gasteiger partial charge is 0.365 e. The Balaban J connectivity index is 3.71. The molecule has 1 heteroatoms. The van der Waals surface area contributed by atoms with Crippen LogP contribution in [0.2, 0.25) is 0 Å². The van der Waals surface area contributed by atoms with E-state index in [1.165, 1.54) is 5.57 Å². The van der Waals surface area contributed by atoms with Crippen LogP contribution in [0.5, 0.6) is 0 Å². The van der Waals surface area contributed by atoms with Crippen molar-refractivity contribution >= 4 is 0 Å². The first-order chi connectivity index (χ1) is 5.02. The molecule has 0 radical (unpaired) electrons. The van der Waals surface area contributed by atoms with E-state index in [0.29, 0.717) is 0 Å². The quantitative estimate of drug-likeness (QED) is 0.609. The van der Waals surface area contributed by atoms with Crippen molar-refractivity contribution in [3.63, 3.8) is 0 Å². The zero-order chi connectivity index (χ0) is 8.85. The van der Waals surface area contributed by atoms with Crippen LogP contribution in [0.1, 0.15) is 27.2 Å². The minimum Gasteiger partial charge on any atom is -0.365 e. The zero-order valence-electron chi connectivity index (χ0n) is 7.70. The summed E-state index contributed by atoms with van der Waals surface area (Å²) in [5, 5.41) is 3.10. The lowest BCUT2D eigenvalue weighted by molar-refractivity contribution is 0.957. The first kappa shape index (κ1) is 10.0. The Hall–Kier alpha value is -0.980. The minimum atomic E-state index is 0.851. The Morgan fingerprint density at radius 2 is 1.82 bits per heavy atom. The van der Waals surface area contributed by atoms with Crippen LogP contribution in [0.15, 0.2) is 36.2 Å². The lowest BCUT2D eigenvalue weighted by atomic mass is 10.2. The van der Waals surface area contributed by atoms with Gasteiger partial charge >= 0.3 is 0 Å². The number of allylic oxidation sites excluding steroid dienone is 2. The van der Waals surface area contributed by atoms with E-state index in [-0.39, 0.29) is 0 Å². The van der Waals surface area contributed by atoms with Crippen molar-refractivity contribution in [1.82, 2.24) is 5.32 Å². The molecule has 0 aromatic heterocycles. The third-order valence-corrected chi connectivity index (χ3v) is 1.08. The predicted molar refractivity (Wildman–Crippen MR) is 51.1 cm³/mol. The monoisotopic (exact) mass is 151 g/mol. The molecule has 0 spiro atoms. The van der Waals surface area contributed by atoms with Gasteiger partial charge in [0, 0.05) is 12.1 Å². The standard InChI is InChI=1S/C10H17N/c1-8(2)6-10(5)11-7-9(3)4/h7,11H,1,5-6H2,2-4H3. The van der Waals surface area contributed by atoms with Gasteiger partial charge in [-0.3, -0.25) is 0 Å². The second-order valence-electron chi connectivity index (χ2n) is 3.10. The van der Waals surface area contributed by atoms with Crippen molar-refractivity contribution in [2.75, 3.05) is 0 Å². The van der Waals surface area contributed by atoms with Crippen molar-refractivity contribution in [3.05, 3.63) is 36.2 Å². The van der Waals surface area contributed by atoms with Gasteiger partial charge in [-0.25, -0.2) is 0 Å². The van der Waals surface area contributed by atoms with E-state index < -0.39 is 0 Å². The summed E-state index contributed by atoms with van der Waals surface area (Å²) in [6, 6.07) is 0. The summed E-state index contributed by atoms with van der Waals surface area (Å²) in [7, 11) is 0. The second kappa shape index (κ2) is 4.78. The Labute approximate surface area is 69.5 Å². The van der Waals surface area contributed by atoms with Crippen LogP contribution in [0.3, 0.4) is 0 Å². The maximum atomic E-state index is 3.85. The van der Waals surface area contributed by atoms with E-state index in [9.17, 15) is 0 Å². The SMILES string of the molecule is C=C(C)CC(=C)NC=C(C)C. The van der Waals surface area contributed by atoms with Crippen LogP contribution >= 0.6 is 0 Å². The molecule has 1 N–H and O–H groups in total. The van der Waals surface area contributed by atoms with E-state index in [2.05, 4.69) is 18.5 Å². The average molecular weight is 151 g/mol. The molecule has 1 nitrogen and oxygen atoms in total. The maximum absolute atomic E-state index is 3.85. The summed E-state index contributed by atoms with van der Waals surface area (Å²) in [6.07, 6.45) is 2.80. The lowest BCUT2D eigenvalue weighted by Crippen LogP contribution is -2.03. The molecule has 0 aliphatic heterocycles. The molecule has 0 heterocycles. The average Bonchev–Trinajstić information content (AvgIpc) is 1.82. The molecule has 62 valence electrons. The molecular formula is C10H17N. The van der Waals surface area contributed by atoms with Crippen LogP contribution < -0.4 is 5.32 Å². The van der Waals surface area contributed by atoms with Crippen LogP contribution in [-0.2, 0) is 0 Å². The van der Waals surface area contributed by atoms with Gasteiger partial charge in [0.15, 0.2) is 0 Å². The van der Waals surface area contributed by atoms with Crippen molar-refractivity contribution in [2.24, 2.45) is 0 Å². The molecule has 0 atom stereocenters. The molecule has 0 saturated carbocycles. The van der Waals surface area contributed by atoms with Crippen molar-refractivity contribution in [1.29, 1.82) is 0 Å². The predicted octanol–water partition coefficient (Wildman–Crippen LogP) is 2.98. The fourth-order valence-corrected chi connectivity index (χ4v) is 0.662. The van der Waals surface area contributed by atoms with Gasteiger partial charge in [0.2, 0.25) is 0 Å². The van der Waals surface area contributed by atoms with Gasteiger partial charge in [-0.05, 0) is 27.0 Å². The molecule has 0 amide bonds. The normalized spacial score (nSPS) is 8.64. The summed E-state index contributed by atoms with van der Waals surface area (Å²) in [5.74, 6) is 0. The van der Waals surface area contributed by atoms with Gasteiger partial charge in [-0.1, -0.05) is 24.3 Å². The molecule has 0 aliphatic carbocycles. The molecular weight excluding hydrogens is 134 g/mol. The summed E-state index contributed by atoms with van der Waals surface area (Å²) in [6.45, 7) is 13.7. The molecule has 0 bridgehead atoms. The van der Waals surface area contributed by atoms with Crippen molar-refractivity contribution in [2.45, 2.75) is 27.2 Å². The molecule has 0 saturated heterocycles. The number of rotatable bonds is 4. The van der Waals surface area contributed by atoms with Gasteiger partial charge in [0.1, 0.15) is 0 Å². The maximum Gasteiger partial charge on any atom is 0.0114 e. The highest BCUT2D eigenvalue weighted by Crippen LogP contribution is 2.02. The smallest absolute Gasteiger partial charge is 0.0114 e. The van der Waals surface area contributed by atoms with Gasteiger partial charge in [-0.15, -0.1) is 0 Å². The highest BCUT2D eigenvalue weighted by atomic mass is 14.8. The number of hydrogen-bond donors (Lipinski definition) is 1. The van der Waals surface area contributed by atoms with Crippen LogP contribution in [0.25, 0.3) is 0 Å². The van der Waals surface area contributed by atoms with Crippen molar-refractivity contribution < 1.29 is 0 Å². The highest BCUT2D eigenvalue weighted by molar-refractivity contribution is 5.09. The summed E-state index contributed by atoms with van der Waals surface area (Å²) >= 11 is 0. The molecule has 0 aromatic carbocycles. The third kappa shape index (κ3) is 6.91. The Morgan fingerprint density at radius 3 is 2.18 bits per heavy atom. The molecule has 0 aliphatic rings. The minimum absolute atomic E-state index is 0.851. The first-order valence-electron chi connectivity index (χ1n) is 3.74. The first-order valence-corrected chi connectivity index (χ1v) is 3.74. The summed E-state index contributed by atoms with van der Waals surface area (Å²) < 4.78 is 0. The number of hydrogen-bond acceptors (Lipinski definition) is 1. The zero-order valence-corrected chi connectivity index (χ0v) is 7.70. The molecule has 11 heavy (non-hydrogen) atoms. The fraction of sp³-hybridized carbons (Fsp3) is 0.400. The summed E-state index contributed by atoms with van der Waals surface area (Å²) in [4.78, 5) is 0. The molecule has 0 unspecified atom stereocenters. The van der Waals surface area contributed by atoms with Crippen molar-refractivity contribution in [3.8, 4) is 0 Å². The molecule has 0 fully saturated rings. The third-order valence-electron chi connectivity index (χ3n) is 1.08. The fourth-order valence-electron chi connectivity index (χ4n) is 0.662. The van der Waals surface area contributed by atoms with E-state index >= 15 is 0 Å². The van der Waals surface area contributed by atoms with E-state index in [1.807, 2.05) is 27.0 Å². The second-order valence-corrected chi connectivity index (χ2v) is 3.10. The Morgan fingerprint density at radius 1 is 1.27 bits per heavy atom. The Bertz CT molecular complexity index is 183. The van der Waals surface area contributed by atoms with Gasteiger partial charge < -0.3 is 5.32 Å². The van der Waals surface area contributed by atoms with E-state index in [0.717, 1.165) is 17.7 Å². The van der Waals surface area contributed by atoms with Crippen LogP contribution in [0, 0.1) is 0 Å². The van der Waals surface area contributed by atoms with Gasteiger partial charge in [0.05, 0.1) is 0 Å². The Kier molecular flexibility index (Phi) is 4.35. The lowest BCUT2D eigenvalue weighted by Gasteiger charge is -2.04. The highest BCUT2D eigenvalue weighted by Gasteiger charge is 1.89. The van der Waals surface area contributed by atoms with E-state index in [1.54, 1.807) is 0 Å². The van der Waals surface area contributed by atoms with Crippen LogP contribution in [0.4, 0.5) is 0 Å². The summed E-state index contributed by atoms with van der Waals surface area (Å²) in [5.41, 5.74) is 3.37. The topological polar surface area (TPSA) is 12.0 Å². The van der Waals surface area contributed by atoms with Gasteiger partial charge in [-0.2, -0.15) is 0 Å². The molecule has 0 rings (SSSR count).